The van der Waals surface area contributed by atoms with E-state index in [1.54, 1.807) is 12.1 Å². The van der Waals surface area contributed by atoms with Crippen LogP contribution in [0.5, 0.6) is 0 Å². The zero-order chi connectivity index (χ0) is 10.6. The molecule has 0 saturated heterocycles. The smallest absolute Gasteiger partial charge is 0.210 e. The molecule has 1 heterocycles. The lowest BCUT2D eigenvalue weighted by molar-refractivity contribution is 0.598. The van der Waals surface area contributed by atoms with Gasteiger partial charge >= 0.3 is 0 Å². The van der Waals surface area contributed by atoms with Crippen LogP contribution in [0.4, 0.5) is 11.5 Å². The number of aromatic nitrogens is 1. The van der Waals surface area contributed by atoms with Crippen LogP contribution in [0.25, 0.3) is 0 Å². The molecule has 0 amide bonds. The van der Waals surface area contributed by atoms with Gasteiger partial charge in [-0.25, -0.2) is 18.5 Å². The molecule has 6 nitrogen and oxygen atoms in total. The van der Waals surface area contributed by atoms with Crippen LogP contribution < -0.4 is 16.2 Å². The summed E-state index contributed by atoms with van der Waals surface area (Å²) >= 11 is 0. The SMILES string of the molecule is Nc1ccc(NCCS(N)(=O)=O)cn1. The van der Waals surface area contributed by atoms with Gasteiger partial charge in [-0.1, -0.05) is 0 Å². The highest BCUT2D eigenvalue weighted by atomic mass is 32.2. The number of nitrogens with two attached hydrogens (primary N) is 2. The second kappa shape index (κ2) is 4.25. The largest absolute Gasteiger partial charge is 0.384 e. The van der Waals surface area contributed by atoms with E-state index < -0.39 is 10.0 Å². The maximum atomic E-state index is 10.6. The summed E-state index contributed by atoms with van der Waals surface area (Å²) in [7, 11) is -3.41. The van der Waals surface area contributed by atoms with Gasteiger partial charge in [0.2, 0.25) is 10.0 Å². The molecule has 5 N–H and O–H groups in total. The van der Waals surface area contributed by atoms with Crippen molar-refractivity contribution in [2.45, 2.75) is 0 Å². The monoisotopic (exact) mass is 216 g/mol. The molecule has 0 saturated carbocycles. The van der Waals surface area contributed by atoms with Gasteiger partial charge in [0.1, 0.15) is 5.82 Å². The standard InChI is InChI=1S/C7H12N4O2S/c8-7-2-1-6(5-11-7)10-3-4-14(9,12)13/h1-2,5,10H,3-4H2,(H2,8,11)(H2,9,12,13). The molecule has 0 spiro atoms. The maximum absolute atomic E-state index is 10.6. The molecule has 1 rings (SSSR count). The molecule has 0 fully saturated rings. The summed E-state index contributed by atoms with van der Waals surface area (Å²) in [5.74, 6) is 0.305. The van der Waals surface area contributed by atoms with Gasteiger partial charge in [-0.2, -0.15) is 0 Å². The minimum Gasteiger partial charge on any atom is -0.384 e. The van der Waals surface area contributed by atoms with Crippen LogP contribution in [0.15, 0.2) is 18.3 Å². The number of nitrogens with zero attached hydrogens (tertiary/aromatic N) is 1. The minimum atomic E-state index is -3.41. The van der Waals surface area contributed by atoms with Crippen LogP contribution in [0.2, 0.25) is 0 Å². The van der Waals surface area contributed by atoms with Crippen molar-refractivity contribution in [2.24, 2.45) is 5.14 Å². The molecule has 1 aromatic heterocycles. The van der Waals surface area contributed by atoms with E-state index >= 15 is 0 Å². The summed E-state index contributed by atoms with van der Waals surface area (Å²) in [6.45, 7) is 0.254. The van der Waals surface area contributed by atoms with E-state index in [0.717, 1.165) is 0 Å². The third-order valence-corrected chi connectivity index (χ3v) is 2.28. The van der Waals surface area contributed by atoms with Gasteiger partial charge in [0.15, 0.2) is 0 Å². The van der Waals surface area contributed by atoms with Gasteiger partial charge in [0.05, 0.1) is 17.6 Å². The number of rotatable bonds is 4. The average Bonchev–Trinajstić information content (AvgIpc) is 2.06. The maximum Gasteiger partial charge on any atom is 0.210 e. The second-order valence-corrected chi connectivity index (χ2v) is 4.50. The number of sulfonamides is 1. The van der Waals surface area contributed by atoms with Crippen molar-refractivity contribution in [1.82, 2.24) is 4.98 Å². The molecule has 0 aromatic carbocycles. The molecule has 0 unspecified atom stereocenters. The van der Waals surface area contributed by atoms with E-state index in [9.17, 15) is 8.42 Å². The average molecular weight is 216 g/mol. The summed E-state index contributed by atoms with van der Waals surface area (Å²) in [6, 6.07) is 3.34. The zero-order valence-corrected chi connectivity index (χ0v) is 8.29. The normalized spacial score (nSPS) is 11.2. The molecule has 7 heteroatoms. The van der Waals surface area contributed by atoms with Crippen LogP contribution in [-0.2, 0) is 10.0 Å². The fraction of sp³-hybridized carbons (Fsp3) is 0.286. The zero-order valence-electron chi connectivity index (χ0n) is 7.47. The van der Waals surface area contributed by atoms with Crippen molar-refractivity contribution in [3.05, 3.63) is 18.3 Å². The molecule has 0 aliphatic carbocycles. The number of hydrogen-bond donors (Lipinski definition) is 3. The number of primary sulfonamides is 1. The fourth-order valence-corrected chi connectivity index (χ4v) is 1.23. The van der Waals surface area contributed by atoms with E-state index in [1.807, 2.05) is 0 Å². The van der Waals surface area contributed by atoms with Gasteiger partial charge in [0, 0.05) is 6.54 Å². The van der Waals surface area contributed by atoms with E-state index in [4.69, 9.17) is 10.9 Å². The van der Waals surface area contributed by atoms with Crippen molar-refractivity contribution < 1.29 is 8.42 Å². The quantitative estimate of drug-likeness (QED) is 0.620. The predicted molar refractivity (Wildman–Crippen MR) is 55.1 cm³/mol. The Balaban J connectivity index is 2.43. The van der Waals surface area contributed by atoms with E-state index in [0.29, 0.717) is 11.5 Å². The van der Waals surface area contributed by atoms with Gasteiger partial charge < -0.3 is 11.1 Å². The number of pyridine rings is 1. The molecular weight excluding hydrogens is 204 g/mol. The van der Waals surface area contributed by atoms with Crippen LogP contribution in [0.1, 0.15) is 0 Å². The number of nitrogen functional groups attached to an aromatic ring is 1. The highest BCUT2D eigenvalue weighted by molar-refractivity contribution is 7.89. The molecule has 0 atom stereocenters. The third kappa shape index (κ3) is 4.06. The van der Waals surface area contributed by atoms with Crippen molar-refractivity contribution in [1.29, 1.82) is 0 Å². The summed E-state index contributed by atoms with van der Waals surface area (Å²) in [5, 5.41) is 7.67. The first-order valence-corrected chi connectivity index (χ1v) is 5.65. The van der Waals surface area contributed by atoms with Gasteiger partial charge in [-0.05, 0) is 12.1 Å². The van der Waals surface area contributed by atoms with Gasteiger partial charge in [-0.15, -0.1) is 0 Å². The van der Waals surface area contributed by atoms with Crippen LogP contribution in [0.3, 0.4) is 0 Å². The van der Waals surface area contributed by atoms with Crippen molar-refractivity contribution in [3.63, 3.8) is 0 Å². The number of nitrogens with one attached hydrogen (secondary N) is 1. The van der Waals surface area contributed by atoms with Crippen LogP contribution in [-0.4, -0.2) is 25.7 Å². The summed E-state index contributed by atoms with van der Waals surface area (Å²) in [6.07, 6.45) is 1.53. The lowest BCUT2D eigenvalue weighted by Gasteiger charge is -2.04. The van der Waals surface area contributed by atoms with E-state index in [1.165, 1.54) is 6.20 Å². The molecule has 0 aliphatic rings. The van der Waals surface area contributed by atoms with Crippen molar-refractivity contribution in [3.8, 4) is 0 Å². The Morgan fingerprint density at radius 3 is 2.64 bits per heavy atom. The Hall–Kier alpha value is -1.34. The Morgan fingerprint density at radius 1 is 1.43 bits per heavy atom. The molecule has 14 heavy (non-hydrogen) atoms. The highest BCUT2D eigenvalue weighted by Crippen LogP contribution is 2.05. The van der Waals surface area contributed by atoms with Crippen LogP contribution >= 0.6 is 0 Å². The Morgan fingerprint density at radius 2 is 2.14 bits per heavy atom. The summed E-state index contributed by atoms with van der Waals surface area (Å²) in [4.78, 5) is 3.83. The number of hydrogen-bond acceptors (Lipinski definition) is 5. The second-order valence-electron chi connectivity index (χ2n) is 2.77. The van der Waals surface area contributed by atoms with E-state index in [2.05, 4.69) is 10.3 Å². The first-order chi connectivity index (χ1) is 6.47. The lowest BCUT2D eigenvalue weighted by atomic mass is 10.4. The molecular formula is C7H12N4O2S. The van der Waals surface area contributed by atoms with Gasteiger partial charge in [0.25, 0.3) is 0 Å². The minimum absolute atomic E-state index is 0.114. The lowest BCUT2D eigenvalue weighted by Crippen LogP contribution is -2.22. The van der Waals surface area contributed by atoms with Crippen molar-refractivity contribution in [2.75, 3.05) is 23.3 Å². The first kappa shape index (κ1) is 10.7. The van der Waals surface area contributed by atoms with Crippen LogP contribution in [0, 0.1) is 0 Å². The molecule has 1 aromatic rings. The Labute approximate surface area is 82.4 Å². The summed E-state index contributed by atoms with van der Waals surface area (Å²) in [5.41, 5.74) is 6.08. The number of anilines is 2. The molecule has 0 radical (unpaired) electrons. The molecule has 0 aliphatic heterocycles. The summed E-state index contributed by atoms with van der Waals surface area (Å²) < 4.78 is 21.2. The fourth-order valence-electron chi connectivity index (χ4n) is 0.848. The van der Waals surface area contributed by atoms with E-state index in [-0.39, 0.29) is 12.3 Å². The van der Waals surface area contributed by atoms with Crippen molar-refractivity contribution >= 4 is 21.5 Å². The first-order valence-electron chi connectivity index (χ1n) is 3.93. The molecule has 78 valence electrons. The van der Waals surface area contributed by atoms with Gasteiger partial charge in [-0.3, -0.25) is 0 Å². The Kier molecular flexibility index (Phi) is 3.26. The highest BCUT2D eigenvalue weighted by Gasteiger charge is 2.01. The third-order valence-electron chi connectivity index (χ3n) is 1.50. The topological polar surface area (TPSA) is 111 Å². The molecule has 0 bridgehead atoms. The predicted octanol–water partition coefficient (Wildman–Crippen LogP) is -0.636. The Bertz CT molecular complexity index is 387.